The molecule has 0 saturated heterocycles. The summed E-state index contributed by atoms with van der Waals surface area (Å²) in [4.78, 5) is 21.1. The third kappa shape index (κ3) is 3.89. The summed E-state index contributed by atoms with van der Waals surface area (Å²) in [7, 11) is -2.74. The molecule has 0 aliphatic carbocycles. The van der Waals surface area contributed by atoms with Gasteiger partial charge in [0.05, 0.1) is 18.6 Å². The standard InChI is InChI=1S/C11H14N2O7S/c1-20-11(15)8(6-14)12-7-4-3-5-9(21(2,18)19)10(7)13(16)17/h3-5,8,12,14H,6H2,1-2H3. The van der Waals surface area contributed by atoms with Crippen LogP contribution in [0.1, 0.15) is 0 Å². The molecule has 0 amide bonds. The highest BCUT2D eigenvalue weighted by molar-refractivity contribution is 7.90. The third-order valence-corrected chi connectivity index (χ3v) is 3.71. The van der Waals surface area contributed by atoms with Crippen LogP contribution in [0.15, 0.2) is 23.1 Å². The number of hydrogen-bond donors (Lipinski definition) is 2. The van der Waals surface area contributed by atoms with Gasteiger partial charge in [0.15, 0.2) is 9.84 Å². The molecule has 9 nitrogen and oxygen atoms in total. The van der Waals surface area contributed by atoms with Gasteiger partial charge in [0, 0.05) is 6.26 Å². The van der Waals surface area contributed by atoms with Crippen LogP contribution in [0.4, 0.5) is 11.4 Å². The number of nitrogens with zero attached hydrogens (tertiary/aromatic N) is 1. The molecular weight excluding hydrogens is 304 g/mol. The molecule has 0 bridgehead atoms. The number of esters is 1. The lowest BCUT2D eigenvalue weighted by molar-refractivity contribution is -0.386. The Morgan fingerprint density at radius 3 is 2.57 bits per heavy atom. The number of carbonyl (C=O) groups is 1. The predicted molar refractivity (Wildman–Crippen MR) is 72.7 cm³/mol. The summed E-state index contributed by atoms with van der Waals surface area (Å²) < 4.78 is 27.6. The lowest BCUT2D eigenvalue weighted by Crippen LogP contribution is -2.34. The molecule has 0 aromatic heterocycles. The van der Waals surface area contributed by atoms with Gasteiger partial charge >= 0.3 is 11.7 Å². The van der Waals surface area contributed by atoms with E-state index in [-0.39, 0.29) is 5.69 Å². The van der Waals surface area contributed by atoms with Crippen LogP contribution in [0.25, 0.3) is 0 Å². The molecule has 1 atom stereocenters. The fourth-order valence-electron chi connectivity index (χ4n) is 1.64. The van der Waals surface area contributed by atoms with E-state index in [0.717, 1.165) is 19.4 Å². The highest BCUT2D eigenvalue weighted by Crippen LogP contribution is 2.32. The van der Waals surface area contributed by atoms with Crippen LogP contribution in [-0.2, 0) is 19.4 Å². The van der Waals surface area contributed by atoms with E-state index in [2.05, 4.69) is 10.1 Å². The number of carbonyl (C=O) groups excluding carboxylic acids is 1. The molecule has 1 rings (SSSR count). The summed E-state index contributed by atoms with van der Waals surface area (Å²) >= 11 is 0. The smallest absolute Gasteiger partial charge is 0.330 e. The van der Waals surface area contributed by atoms with E-state index in [4.69, 9.17) is 5.11 Å². The molecular formula is C11H14N2O7S. The molecule has 1 unspecified atom stereocenters. The van der Waals surface area contributed by atoms with Crippen molar-refractivity contribution in [3.8, 4) is 0 Å². The molecule has 0 heterocycles. The molecule has 0 aliphatic heterocycles. The molecule has 0 radical (unpaired) electrons. The number of anilines is 1. The van der Waals surface area contributed by atoms with E-state index in [1.165, 1.54) is 12.1 Å². The first-order valence-corrected chi connectivity index (χ1v) is 7.54. The third-order valence-electron chi connectivity index (χ3n) is 2.58. The topological polar surface area (TPSA) is 136 Å². The maximum absolute atomic E-state index is 11.6. The second-order valence-corrected chi connectivity index (χ2v) is 6.07. The van der Waals surface area contributed by atoms with Gasteiger partial charge in [-0.3, -0.25) is 10.1 Å². The van der Waals surface area contributed by atoms with Gasteiger partial charge in [-0.15, -0.1) is 0 Å². The average Bonchev–Trinajstić information content (AvgIpc) is 2.42. The summed E-state index contributed by atoms with van der Waals surface area (Å²) in [5, 5.41) is 22.6. The van der Waals surface area contributed by atoms with Crippen molar-refractivity contribution in [3.63, 3.8) is 0 Å². The number of sulfone groups is 1. The molecule has 10 heteroatoms. The molecule has 0 fully saturated rings. The van der Waals surface area contributed by atoms with Crippen LogP contribution in [0, 0.1) is 10.1 Å². The number of aliphatic hydroxyl groups excluding tert-OH is 1. The second-order valence-electron chi connectivity index (χ2n) is 4.08. The number of para-hydroxylation sites is 1. The van der Waals surface area contributed by atoms with Crippen molar-refractivity contribution in [2.75, 3.05) is 25.3 Å². The first-order valence-electron chi connectivity index (χ1n) is 5.65. The molecule has 116 valence electrons. The highest BCUT2D eigenvalue weighted by Gasteiger charge is 2.28. The molecule has 0 saturated carbocycles. The Labute approximate surface area is 120 Å². The van der Waals surface area contributed by atoms with Gasteiger partial charge in [-0.05, 0) is 12.1 Å². The van der Waals surface area contributed by atoms with Gasteiger partial charge < -0.3 is 15.2 Å². The van der Waals surface area contributed by atoms with Gasteiger partial charge in [-0.25, -0.2) is 13.2 Å². The quantitative estimate of drug-likeness (QED) is 0.423. The Bertz CT molecular complexity index is 657. The van der Waals surface area contributed by atoms with E-state index in [0.29, 0.717) is 0 Å². The fraction of sp³-hybridized carbons (Fsp3) is 0.364. The first-order chi connectivity index (χ1) is 9.72. The zero-order chi connectivity index (χ0) is 16.2. The van der Waals surface area contributed by atoms with Gasteiger partial charge in [0.1, 0.15) is 16.6 Å². The van der Waals surface area contributed by atoms with Gasteiger partial charge in [-0.1, -0.05) is 6.07 Å². The minimum atomic E-state index is -3.83. The monoisotopic (exact) mass is 318 g/mol. The van der Waals surface area contributed by atoms with Crippen LogP contribution >= 0.6 is 0 Å². The largest absolute Gasteiger partial charge is 0.467 e. The van der Waals surface area contributed by atoms with Crippen LogP contribution in [-0.4, -0.2) is 50.4 Å². The number of nitrogens with one attached hydrogen (secondary N) is 1. The predicted octanol–water partition coefficient (Wildman–Crippen LogP) is -0.0559. The number of aliphatic hydroxyl groups is 1. The highest BCUT2D eigenvalue weighted by atomic mass is 32.2. The number of hydrogen-bond acceptors (Lipinski definition) is 8. The van der Waals surface area contributed by atoms with Crippen molar-refractivity contribution in [2.45, 2.75) is 10.9 Å². The normalized spacial score (nSPS) is 12.5. The van der Waals surface area contributed by atoms with Crippen molar-refractivity contribution >= 4 is 27.2 Å². The van der Waals surface area contributed by atoms with Crippen LogP contribution in [0.5, 0.6) is 0 Å². The lowest BCUT2D eigenvalue weighted by atomic mass is 10.2. The van der Waals surface area contributed by atoms with Crippen molar-refractivity contribution < 1.29 is 28.0 Å². The molecule has 1 aromatic rings. The number of nitro benzene ring substituents is 1. The minimum absolute atomic E-state index is 0.202. The van der Waals surface area contributed by atoms with E-state index in [9.17, 15) is 23.3 Å². The number of methoxy groups -OCH3 is 1. The first kappa shape index (κ1) is 16.9. The van der Waals surface area contributed by atoms with E-state index >= 15 is 0 Å². The Kier molecular flexibility index (Phi) is 5.22. The van der Waals surface area contributed by atoms with Gasteiger partial charge in [0.25, 0.3) is 0 Å². The number of benzene rings is 1. The van der Waals surface area contributed by atoms with E-state index < -0.39 is 44.0 Å². The van der Waals surface area contributed by atoms with Crippen LogP contribution in [0.3, 0.4) is 0 Å². The van der Waals surface area contributed by atoms with E-state index in [1.54, 1.807) is 0 Å². The summed E-state index contributed by atoms with van der Waals surface area (Å²) in [6, 6.07) is 2.36. The number of rotatable bonds is 6. The minimum Gasteiger partial charge on any atom is -0.467 e. The Morgan fingerprint density at radius 1 is 1.52 bits per heavy atom. The Balaban J connectivity index is 3.37. The van der Waals surface area contributed by atoms with Crippen molar-refractivity contribution in [1.82, 2.24) is 0 Å². The van der Waals surface area contributed by atoms with E-state index in [1.807, 2.05) is 0 Å². The summed E-state index contributed by atoms with van der Waals surface area (Å²) in [5.41, 5.74) is -0.894. The Morgan fingerprint density at radius 2 is 2.14 bits per heavy atom. The van der Waals surface area contributed by atoms with Crippen molar-refractivity contribution in [3.05, 3.63) is 28.3 Å². The summed E-state index contributed by atoms with van der Waals surface area (Å²) in [5.74, 6) is -0.837. The average molecular weight is 318 g/mol. The SMILES string of the molecule is COC(=O)C(CO)Nc1cccc(S(C)(=O)=O)c1[N+](=O)[O-]. The van der Waals surface area contributed by atoms with Crippen LogP contribution < -0.4 is 5.32 Å². The van der Waals surface area contributed by atoms with Crippen molar-refractivity contribution in [1.29, 1.82) is 0 Å². The maximum atomic E-state index is 11.6. The molecule has 21 heavy (non-hydrogen) atoms. The zero-order valence-electron chi connectivity index (χ0n) is 11.3. The van der Waals surface area contributed by atoms with Crippen molar-refractivity contribution in [2.24, 2.45) is 0 Å². The summed E-state index contributed by atoms with van der Waals surface area (Å²) in [6.45, 7) is -0.674. The fourth-order valence-corrected chi connectivity index (χ4v) is 2.50. The zero-order valence-corrected chi connectivity index (χ0v) is 12.1. The van der Waals surface area contributed by atoms with Gasteiger partial charge in [0.2, 0.25) is 0 Å². The number of ether oxygens (including phenoxy) is 1. The lowest BCUT2D eigenvalue weighted by Gasteiger charge is -2.15. The Hall–Kier alpha value is -2.20. The molecule has 1 aromatic carbocycles. The molecule has 0 aliphatic rings. The molecule has 2 N–H and O–H groups in total. The van der Waals surface area contributed by atoms with Crippen LogP contribution in [0.2, 0.25) is 0 Å². The molecule has 0 spiro atoms. The summed E-state index contributed by atoms with van der Waals surface area (Å²) in [6.07, 6.45) is 0.836. The number of nitro groups is 1. The second kappa shape index (κ2) is 6.50. The van der Waals surface area contributed by atoms with Gasteiger partial charge in [-0.2, -0.15) is 0 Å². The maximum Gasteiger partial charge on any atom is 0.330 e.